The molecule has 0 aliphatic carbocycles. The van der Waals surface area contributed by atoms with Crippen molar-refractivity contribution in [1.29, 1.82) is 0 Å². The summed E-state index contributed by atoms with van der Waals surface area (Å²) in [6.07, 6.45) is 1.34. The van der Waals surface area contributed by atoms with E-state index in [0.29, 0.717) is 30.0 Å². The van der Waals surface area contributed by atoms with E-state index in [9.17, 15) is 18.0 Å². The van der Waals surface area contributed by atoms with E-state index in [1.807, 2.05) is 18.2 Å². The maximum absolute atomic E-state index is 16.1. The third kappa shape index (κ3) is 6.64. The molecule has 1 unspecified atom stereocenters. The number of carbonyl (C=O) groups excluding carboxylic acids is 1. The van der Waals surface area contributed by atoms with Gasteiger partial charge in [-0.15, -0.1) is 0 Å². The van der Waals surface area contributed by atoms with Crippen molar-refractivity contribution in [3.8, 4) is 11.5 Å². The van der Waals surface area contributed by atoms with Crippen molar-refractivity contribution in [1.82, 2.24) is 18.8 Å². The van der Waals surface area contributed by atoms with E-state index in [-0.39, 0.29) is 29.3 Å². The standard InChI is InChI=1S/C34H36FN5O8S2/c1-20(24-9-7-8-21-12-13-38(18-25(21)24)32(41)48-34(2,3)4)40-27-15-26(35)30(16-29(27)47-33(40)42)50(43,44)39(31-36-19-37-49-31)17-22-10-11-23(45-5)14-28(22)46-6/h7-11,14-16,19-20H,12-13,17-18H2,1-6H3. The number of aromatic nitrogens is 3. The first-order valence-corrected chi connectivity index (χ1v) is 17.9. The number of halogens is 1. The van der Waals surface area contributed by atoms with Gasteiger partial charge in [-0.1, -0.05) is 18.2 Å². The molecule has 2 aromatic heterocycles. The minimum Gasteiger partial charge on any atom is -0.497 e. The number of hydrogen-bond donors (Lipinski definition) is 0. The van der Waals surface area contributed by atoms with Gasteiger partial charge >= 0.3 is 11.8 Å². The summed E-state index contributed by atoms with van der Waals surface area (Å²) in [5.74, 6) is -1.05. The van der Waals surface area contributed by atoms with E-state index in [0.717, 1.165) is 44.7 Å². The Balaban J connectivity index is 1.38. The van der Waals surface area contributed by atoms with Gasteiger partial charge in [-0.25, -0.2) is 31.7 Å². The first kappa shape index (κ1) is 34.9. The number of amides is 1. The Hall–Kier alpha value is -4.96. The minimum absolute atomic E-state index is 0.00992. The number of oxazole rings is 1. The van der Waals surface area contributed by atoms with E-state index in [1.54, 1.807) is 50.8 Å². The summed E-state index contributed by atoms with van der Waals surface area (Å²) < 4.78 is 72.5. The van der Waals surface area contributed by atoms with E-state index in [2.05, 4.69) is 9.36 Å². The SMILES string of the molecule is COc1ccc(CN(c2ncns2)S(=O)(=O)c2cc3oc(=O)n(C(C)c4cccc5c4CN(C(=O)OC(C)(C)C)CC5)c3cc2F)c(OC)c1. The molecule has 0 spiro atoms. The maximum Gasteiger partial charge on any atom is 0.420 e. The maximum atomic E-state index is 16.1. The van der Waals surface area contributed by atoms with Gasteiger partial charge in [0.05, 0.1) is 32.3 Å². The van der Waals surface area contributed by atoms with Crippen LogP contribution in [0.15, 0.2) is 69.0 Å². The predicted octanol–water partition coefficient (Wildman–Crippen LogP) is 5.90. The number of nitrogens with zero attached hydrogens (tertiary/aromatic N) is 5. The van der Waals surface area contributed by atoms with Gasteiger partial charge in [0.1, 0.15) is 34.1 Å². The summed E-state index contributed by atoms with van der Waals surface area (Å²) in [6, 6.07) is 11.9. The van der Waals surface area contributed by atoms with Crippen molar-refractivity contribution in [2.24, 2.45) is 0 Å². The molecule has 1 aliphatic heterocycles. The second kappa shape index (κ2) is 13.4. The summed E-state index contributed by atoms with van der Waals surface area (Å²) in [4.78, 5) is 31.3. The van der Waals surface area contributed by atoms with Gasteiger partial charge in [-0.05, 0) is 62.9 Å². The molecule has 1 aliphatic rings. The largest absolute Gasteiger partial charge is 0.497 e. The molecule has 13 nitrogen and oxygen atoms in total. The van der Waals surface area contributed by atoms with Crippen LogP contribution in [-0.2, 0) is 34.3 Å². The van der Waals surface area contributed by atoms with Crippen LogP contribution in [0.2, 0.25) is 0 Å². The van der Waals surface area contributed by atoms with Gasteiger partial charge in [0.2, 0.25) is 5.13 Å². The molecule has 0 radical (unpaired) electrons. The Morgan fingerprint density at radius 1 is 1.14 bits per heavy atom. The molecule has 264 valence electrons. The van der Waals surface area contributed by atoms with Gasteiger partial charge in [0, 0.05) is 48.4 Å². The summed E-state index contributed by atoms with van der Waals surface area (Å²) in [6.45, 7) is 7.61. The van der Waals surface area contributed by atoms with Crippen molar-refractivity contribution >= 4 is 43.9 Å². The van der Waals surface area contributed by atoms with E-state index < -0.39 is 44.2 Å². The lowest BCUT2D eigenvalue weighted by molar-refractivity contribution is 0.0223. The van der Waals surface area contributed by atoms with Gasteiger partial charge in [-0.2, -0.15) is 4.37 Å². The first-order chi connectivity index (χ1) is 23.7. The molecule has 0 N–H and O–H groups in total. The Kier molecular flexibility index (Phi) is 9.35. The van der Waals surface area contributed by atoms with Crippen LogP contribution in [0.25, 0.3) is 11.1 Å². The van der Waals surface area contributed by atoms with Crippen molar-refractivity contribution in [3.63, 3.8) is 0 Å². The Morgan fingerprint density at radius 2 is 1.92 bits per heavy atom. The van der Waals surface area contributed by atoms with Crippen molar-refractivity contribution in [2.45, 2.75) is 63.7 Å². The molecule has 5 aromatic rings. The number of rotatable bonds is 9. The van der Waals surface area contributed by atoms with Crippen molar-refractivity contribution < 1.29 is 36.2 Å². The first-order valence-electron chi connectivity index (χ1n) is 15.6. The Labute approximate surface area is 292 Å². The summed E-state index contributed by atoms with van der Waals surface area (Å²) in [5, 5.41) is -0.00992. The average Bonchev–Trinajstić information content (AvgIpc) is 3.72. The molecule has 0 fully saturated rings. The van der Waals surface area contributed by atoms with Crippen LogP contribution >= 0.6 is 11.5 Å². The molecule has 3 heterocycles. The van der Waals surface area contributed by atoms with Gasteiger partial charge < -0.3 is 23.5 Å². The summed E-state index contributed by atoms with van der Waals surface area (Å²) >= 11 is 0.814. The number of benzene rings is 3. The Morgan fingerprint density at radius 3 is 2.60 bits per heavy atom. The third-order valence-electron chi connectivity index (χ3n) is 8.40. The minimum atomic E-state index is -4.64. The molecule has 0 saturated heterocycles. The highest BCUT2D eigenvalue weighted by Crippen LogP contribution is 2.35. The highest BCUT2D eigenvalue weighted by molar-refractivity contribution is 7.93. The molecule has 0 saturated carbocycles. The van der Waals surface area contributed by atoms with Crippen molar-refractivity contribution in [3.05, 3.63) is 93.5 Å². The zero-order valence-electron chi connectivity index (χ0n) is 28.3. The molecule has 16 heteroatoms. The fraction of sp³-hybridized carbons (Fsp3) is 0.353. The zero-order chi connectivity index (χ0) is 36.0. The average molecular weight is 726 g/mol. The number of sulfonamides is 1. The topological polar surface area (TPSA) is 146 Å². The predicted molar refractivity (Wildman–Crippen MR) is 184 cm³/mol. The number of fused-ring (bicyclic) bond motifs is 2. The van der Waals surface area contributed by atoms with Crippen LogP contribution < -0.4 is 19.5 Å². The van der Waals surface area contributed by atoms with Crippen LogP contribution in [0.5, 0.6) is 11.5 Å². The third-order valence-corrected chi connectivity index (χ3v) is 11.0. The number of carbonyl (C=O) groups is 1. The number of anilines is 1. The lowest BCUT2D eigenvalue weighted by Gasteiger charge is -2.33. The van der Waals surface area contributed by atoms with Crippen LogP contribution in [0.3, 0.4) is 0 Å². The summed E-state index contributed by atoms with van der Waals surface area (Å²) in [5.41, 5.74) is 2.32. The molecular weight excluding hydrogens is 690 g/mol. The molecule has 1 amide bonds. The van der Waals surface area contributed by atoms with Crippen LogP contribution in [0, 0.1) is 5.82 Å². The quantitative estimate of drug-likeness (QED) is 0.180. The monoisotopic (exact) mass is 725 g/mol. The number of methoxy groups -OCH3 is 2. The highest BCUT2D eigenvalue weighted by atomic mass is 32.2. The van der Waals surface area contributed by atoms with Gasteiger partial charge in [0.25, 0.3) is 10.0 Å². The highest BCUT2D eigenvalue weighted by Gasteiger charge is 2.34. The lowest BCUT2D eigenvalue weighted by Crippen LogP contribution is -2.40. The van der Waals surface area contributed by atoms with E-state index in [1.165, 1.54) is 25.1 Å². The lowest BCUT2D eigenvalue weighted by atomic mass is 9.91. The molecule has 0 bridgehead atoms. The number of ether oxygens (including phenoxy) is 3. The molecular formula is C34H36FN5O8S2. The second-order valence-electron chi connectivity index (χ2n) is 12.7. The summed E-state index contributed by atoms with van der Waals surface area (Å²) in [7, 11) is -1.71. The molecule has 3 aromatic carbocycles. The second-order valence-corrected chi connectivity index (χ2v) is 15.3. The van der Waals surface area contributed by atoms with E-state index in [4.69, 9.17) is 18.6 Å². The van der Waals surface area contributed by atoms with E-state index >= 15 is 4.39 Å². The molecule has 1 atom stereocenters. The van der Waals surface area contributed by atoms with Crippen LogP contribution in [-0.4, -0.2) is 59.7 Å². The normalized spacial score (nSPS) is 13.9. The molecule has 50 heavy (non-hydrogen) atoms. The fourth-order valence-corrected chi connectivity index (χ4v) is 8.20. The molecule has 6 rings (SSSR count). The van der Waals surface area contributed by atoms with Crippen molar-refractivity contribution in [2.75, 3.05) is 25.1 Å². The van der Waals surface area contributed by atoms with Gasteiger partial charge in [0.15, 0.2) is 5.58 Å². The Bertz CT molecular complexity index is 2230. The number of hydrogen-bond acceptors (Lipinski definition) is 11. The zero-order valence-corrected chi connectivity index (χ0v) is 29.9. The van der Waals surface area contributed by atoms with Crippen LogP contribution in [0.4, 0.5) is 14.3 Å². The van der Waals surface area contributed by atoms with Crippen LogP contribution in [0.1, 0.15) is 56.0 Å². The smallest absolute Gasteiger partial charge is 0.420 e. The van der Waals surface area contributed by atoms with Gasteiger partial charge in [-0.3, -0.25) is 4.57 Å². The fourth-order valence-electron chi connectivity index (χ4n) is 6.01.